The highest BCUT2D eigenvalue weighted by Crippen LogP contribution is 2.57. The third kappa shape index (κ3) is 2.38. The second-order valence-electron chi connectivity index (χ2n) is 9.07. The highest BCUT2D eigenvalue weighted by atomic mass is 16.6. The smallest absolute Gasteiger partial charge is 0.412 e. The summed E-state index contributed by atoms with van der Waals surface area (Å²) in [5.41, 5.74) is -2.10. The van der Waals surface area contributed by atoms with E-state index in [-0.39, 0.29) is 5.60 Å². The van der Waals surface area contributed by atoms with Crippen LogP contribution in [0.15, 0.2) is 0 Å². The quantitative estimate of drug-likeness (QED) is 0.836. The minimum atomic E-state index is -1.29. The highest BCUT2D eigenvalue weighted by molar-refractivity contribution is 5.72. The van der Waals surface area contributed by atoms with E-state index in [0.29, 0.717) is 19.6 Å². The van der Waals surface area contributed by atoms with Crippen molar-refractivity contribution in [3.63, 3.8) is 0 Å². The maximum Gasteiger partial charge on any atom is 0.412 e. The van der Waals surface area contributed by atoms with Crippen molar-refractivity contribution in [1.82, 2.24) is 4.90 Å². The molecule has 24 heavy (non-hydrogen) atoms. The normalized spacial score (nSPS) is 49.8. The first-order valence-electron chi connectivity index (χ1n) is 9.64. The molecule has 1 heterocycles. The zero-order chi connectivity index (χ0) is 17.2. The van der Waals surface area contributed by atoms with Gasteiger partial charge in [0.2, 0.25) is 0 Å². The summed E-state index contributed by atoms with van der Waals surface area (Å²) in [5, 5.41) is 10.8. The van der Waals surface area contributed by atoms with Crippen molar-refractivity contribution in [3.05, 3.63) is 0 Å². The van der Waals surface area contributed by atoms with Gasteiger partial charge in [-0.05, 0) is 76.5 Å². The molecule has 0 unspecified atom stereocenters. The predicted octanol–water partition coefficient (Wildman–Crippen LogP) is 3.30. The van der Waals surface area contributed by atoms with Crippen LogP contribution in [-0.4, -0.2) is 46.2 Å². The molecule has 0 aromatic rings. The van der Waals surface area contributed by atoms with Crippen LogP contribution in [0.5, 0.6) is 0 Å². The number of aliphatic hydroxyl groups is 1. The Labute approximate surface area is 144 Å². The molecule has 1 aliphatic heterocycles. The van der Waals surface area contributed by atoms with Crippen LogP contribution >= 0.6 is 0 Å². The first-order valence-corrected chi connectivity index (χ1v) is 9.64. The Morgan fingerprint density at radius 1 is 1.17 bits per heavy atom. The lowest BCUT2D eigenvalue weighted by Crippen LogP contribution is -2.56. The zero-order valence-corrected chi connectivity index (χ0v) is 15.2. The number of hydrogen-bond acceptors (Lipinski definition) is 4. The molecule has 5 rings (SSSR count). The standard InChI is InChI=1S/C19H31NO4/c1-4-17(2)18(3,22)20(16(21)24-17)5-6-23-19-10-13-7-14(11-19)9-15(8-13)12-19/h13-15,22H,4-12H2,1-3H3/t13?,14?,15?,17-,18+,19?/m1/s1. The van der Waals surface area contributed by atoms with Gasteiger partial charge in [-0.2, -0.15) is 0 Å². The van der Waals surface area contributed by atoms with Crippen LogP contribution in [0.3, 0.4) is 0 Å². The Morgan fingerprint density at radius 2 is 1.71 bits per heavy atom. The van der Waals surface area contributed by atoms with Crippen LogP contribution < -0.4 is 0 Å². The summed E-state index contributed by atoms with van der Waals surface area (Å²) >= 11 is 0. The van der Waals surface area contributed by atoms with Gasteiger partial charge in [0.05, 0.1) is 18.8 Å². The van der Waals surface area contributed by atoms with Gasteiger partial charge in [0, 0.05) is 0 Å². The van der Waals surface area contributed by atoms with E-state index in [4.69, 9.17) is 9.47 Å². The van der Waals surface area contributed by atoms with Crippen LogP contribution in [0.4, 0.5) is 4.79 Å². The average Bonchev–Trinajstić information content (AvgIpc) is 2.65. The molecule has 4 saturated carbocycles. The molecule has 0 aromatic carbocycles. The van der Waals surface area contributed by atoms with E-state index < -0.39 is 17.4 Å². The lowest BCUT2D eigenvalue weighted by molar-refractivity contribution is -0.174. The van der Waals surface area contributed by atoms with Gasteiger partial charge >= 0.3 is 6.09 Å². The number of amides is 1. The van der Waals surface area contributed by atoms with Gasteiger partial charge in [-0.15, -0.1) is 0 Å². The SMILES string of the molecule is CC[C@@]1(C)OC(=O)N(CCOC23CC4CC(CC(C4)C2)C3)[C@@]1(C)O. The summed E-state index contributed by atoms with van der Waals surface area (Å²) in [6, 6.07) is 0. The lowest BCUT2D eigenvalue weighted by atomic mass is 9.54. The van der Waals surface area contributed by atoms with Crippen LogP contribution in [0.1, 0.15) is 65.7 Å². The highest BCUT2D eigenvalue weighted by Gasteiger charge is 2.58. The van der Waals surface area contributed by atoms with Gasteiger partial charge < -0.3 is 14.6 Å². The molecule has 4 bridgehead atoms. The Kier molecular flexibility index (Phi) is 3.70. The van der Waals surface area contributed by atoms with Crippen LogP contribution in [0.2, 0.25) is 0 Å². The molecule has 0 aromatic heterocycles. The van der Waals surface area contributed by atoms with E-state index in [1.165, 1.54) is 43.4 Å². The zero-order valence-electron chi connectivity index (χ0n) is 15.2. The van der Waals surface area contributed by atoms with Crippen molar-refractivity contribution < 1.29 is 19.4 Å². The van der Waals surface area contributed by atoms with Gasteiger partial charge in [0.15, 0.2) is 11.3 Å². The molecule has 5 nitrogen and oxygen atoms in total. The molecule has 2 atom stereocenters. The Bertz CT molecular complexity index is 496. The summed E-state index contributed by atoms with van der Waals surface area (Å²) in [5.74, 6) is 2.54. The topological polar surface area (TPSA) is 59.0 Å². The van der Waals surface area contributed by atoms with E-state index in [2.05, 4.69) is 0 Å². The second kappa shape index (κ2) is 5.34. The number of carbonyl (C=O) groups is 1. The Balaban J connectivity index is 1.39. The van der Waals surface area contributed by atoms with Gasteiger partial charge in [-0.1, -0.05) is 6.92 Å². The largest absolute Gasteiger partial charge is 0.438 e. The molecule has 1 N–H and O–H groups in total. The van der Waals surface area contributed by atoms with Crippen molar-refractivity contribution >= 4 is 6.09 Å². The first kappa shape index (κ1) is 16.6. The van der Waals surface area contributed by atoms with Crippen LogP contribution in [-0.2, 0) is 9.47 Å². The van der Waals surface area contributed by atoms with E-state index in [9.17, 15) is 9.90 Å². The average molecular weight is 337 g/mol. The minimum Gasteiger partial charge on any atom is -0.438 e. The summed E-state index contributed by atoms with van der Waals surface area (Å²) in [7, 11) is 0. The van der Waals surface area contributed by atoms with Crippen LogP contribution in [0, 0.1) is 17.8 Å². The van der Waals surface area contributed by atoms with Crippen molar-refractivity contribution in [3.8, 4) is 0 Å². The molecule has 1 amide bonds. The number of cyclic esters (lactones) is 1. The van der Waals surface area contributed by atoms with Crippen molar-refractivity contribution in [2.45, 2.75) is 82.6 Å². The predicted molar refractivity (Wildman–Crippen MR) is 89.4 cm³/mol. The third-order valence-electron chi connectivity index (χ3n) is 7.44. The fourth-order valence-corrected chi connectivity index (χ4v) is 6.09. The van der Waals surface area contributed by atoms with Crippen molar-refractivity contribution in [2.75, 3.05) is 13.2 Å². The molecular weight excluding hydrogens is 306 g/mol. The molecule has 0 radical (unpaired) electrons. The first-order chi connectivity index (χ1) is 11.3. The van der Waals surface area contributed by atoms with E-state index >= 15 is 0 Å². The fourth-order valence-electron chi connectivity index (χ4n) is 6.09. The number of ether oxygens (including phenoxy) is 2. The molecule has 1 saturated heterocycles. The minimum absolute atomic E-state index is 0.0400. The number of hydrogen-bond donors (Lipinski definition) is 1. The van der Waals surface area contributed by atoms with Gasteiger partial charge in [0.1, 0.15) is 0 Å². The van der Waals surface area contributed by atoms with Gasteiger partial charge in [-0.25, -0.2) is 4.79 Å². The van der Waals surface area contributed by atoms with Gasteiger partial charge in [0.25, 0.3) is 0 Å². The number of nitrogens with zero attached hydrogens (tertiary/aromatic N) is 1. The maximum atomic E-state index is 12.2. The Hall–Kier alpha value is -0.810. The molecule has 136 valence electrons. The molecule has 0 spiro atoms. The fraction of sp³-hybridized carbons (Fsp3) is 0.947. The third-order valence-corrected chi connectivity index (χ3v) is 7.44. The van der Waals surface area contributed by atoms with Crippen molar-refractivity contribution in [2.24, 2.45) is 17.8 Å². The summed E-state index contributed by atoms with van der Waals surface area (Å²) in [4.78, 5) is 13.6. The number of rotatable bonds is 5. The van der Waals surface area contributed by atoms with E-state index in [1.54, 1.807) is 13.8 Å². The van der Waals surface area contributed by atoms with Crippen molar-refractivity contribution in [1.29, 1.82) is 0 Å². The van der Waals surface area contributed by atoms with E-state index in [0.717, 1.165) is 17.8 Å². The Morgan fingerprint density at radius 3 is 2.17 bits per heavy atom. The molecule has 5 fully saturated rings. The molecular formula is C19H31NO4. The monoisotopic (exact) mass is 337 g/mol. The van der Waals surface area contributed by atoms with E-state index in [1.807, 2.05) is 6.92 Å². The molecule has 5 heteroatoms. The second-order valence-corrected chi connectivity index (χ2v) is 9.07. The molecule has 5 aliphatic rings. The summed E-state index contributed by atoms with van der Waals surface area (Å²) in [6.07, 6.45) is 7.89. The maximum absolute atomic E-state index is 12.2. The summed E-state index contributed by atoms with van der Waals surface area (Å²) in [6.45, 7) is 6.27. The van der Waals surface area contributed by atoms with Crippen LogP contribution in [0.25, 0.3) is 0 Å². The summed E-state index contributed by atoms with van der Waals surface area (Å²) < 4.78 is 11.8. The molecule has 4 aliphatic carbocycles. The lowest BCUT2D eigenvalue weighted by Gasteiger charge is -2.56. The number of carbonyl (C=O) groups excluding carboxylic acids is 1. The van der Waals surface area contributed by atoms with Gasteiger partial charge in [-0.3, -0.25) is 4.90 Å².